The van der Waals surface area contributed by atoms with Gasteiger partial charge in [0.15, 0.2) is 0 Å². The van der Waals surface area contributed by atoms with Crippen molar-refractivity contribution in [3.05, 3.63) is 24.2 Å². The minimum absolute atomic E-state index is 0.0138. The van der Waals surface area contributed by atoms with E-state index in [9.17, 15) is 14.7 Å². The van der Waals surface area contributed by atoms with Crippen LogP contribution in [0.3, 0.4) is 0 Å². The van der Waals surface area contributed by atoms with Crippen LogP contribution in [0.2, 0.25) is 0 Å². The molecular formula is C13H14NO7-. The molecule has 0 saturated heterocycles. The van der Waals surface area contributed by atoms with Crippen molar-refractivity contribution >= 4 is 11.9 Å². The average Bonchev–Trinajstić information content (AvgIpc) is 3.00. The quantitative estimate of drug-likeness (QED) is 0.483. The Hall–Kier alpha value is -2.37. The van der Waals surface area contributed by atoms with Gasteiger partial charge in [-0.05, 0) is 12.1 Å². The van der Waals surface area contributed by atoms with Crippen LogP contribution < -0.4 is 5.11 Å². The number of nitriles is 1. The molecule has 2 atom stereocenters. The molecule has 0 aliphatic carbocycles. The SMILES string of the molecule is COC(=O)C(OC)(OC)[C@@H](c1ccco1)[C@H](C#N)C(=O)[O-]. The maximum atomic E-state index is 12.0. The van der Waals surface area contributed by atoms with E-state index >= 15 is 0 Å². The first kappa shape index (κ1) is 16.7. The third-order valence-electron chi connectivity index (χ3n) is 3.06. The molecule has 0 unspecified atom stereocenters. The van der Waals surface area contributed by atoms with Gasteiger partial charge in [0, 0.05) is 14.2 Å². The van der Waals surface area contributed by atoms with Gasteiger partial charge in [0.05, 0.1) is 25.4 Å². The molecule has 0 saturated carbocycles. The van der Waals surface area contributed by atoms with Crippen LogP contribution in [0.4, 0.5) is 0 Å². The molecule has 1 heterocycles. The van der Waals surface area contributed by atoms with E-state index in [4.69, 9.17) is 19.2 Å². The van der Waals surface area contributed by atoms with Crippen LogP contribution in [-0.4, -0.2) is 39.1 Å². The Morgan fingerprint density at radius 3 is 2.33 bits per heavy atom. The van der Waals surface area contributed by atoms with E-state index in [1.807, 2.05) is 0 Å². The zero-order valence-electron chi connectivity index (χ0n) is 11.7. The number of esters is 1. The Morgan fingerprint density at radius 1 is 1.38 bits per heavy atom. The summed E-state index contributed by atoms with van der Waals surface area (Å²) in [7, 11) is 3.33. The lowest BCUT2D eigenvalue weighted by Gasteiger charge is -2.36. The first-order chi connectivity index (χ1) is 9.98. The van der Waals surface area contributed by atoms with Crippen molar-refractivity contribution in [3.8, 4) is 6.07 Å². The molecule has 0 N–H and O–H groups in total. The molecule has 0 aliphatic heterocycles. The molecule has 1 aromatic rings. The number of methoxy groups -OCH3 is 3. The van der Waals surface area contributed by atoms with Gasteiger partial charge in [0.1, 0.15) is 17.6 Å². The Kier molecular flexibility index (Phi) is 5.46. The maximum Gasteiger partial charge on any atom is 0.367 e. The topological polar surface area (TPSA) is 122 Å². The van der Waals surface area contributed by atoms with Gasteiger partial charge in [-0.3, -0.25) is 0 Å². The minimum atomic E-state index is -2.16. The van der Waals surface area contributed by atoms with Crippen molar-refractivity contribution in [2.45, 2.75) is 11.7 Å². The minimum Gasteiger partial charge on any atom is -0.549 e. The van der Waals surface area contributed by atoms with Crippen LogP contribution >= 0.6 is 0 Å². The molecule has 0 amide bonds. The summed E-state index contributed by atoms with van der Waals surface area (Å²) in [5.41, 5.74) is 0. The lowest BCUT2D eigenvalue weighted by Crippen LogP contribution is -2.53. The van der Waals surface area contributed by atoms with Crippen molar-refractivity contribution in [1.82, 2.24) is 0 Å². The van der Waals surface area contributed by atoms with Crippen LogP contribution in [0.1, 0.15) is 11.7 Å². The zero-order chi connectivity index (χ0) is 16.0. The van der Waals surface area contributed by atoms with Crippen molar-refractivity contribution in [2.75, 3.05) is 21.3 Å². The van der Waals surface area contributed by atoms with Crippen molar-refractivity contribution < 1.29 is 33.3 Å². The molecule has 0 spiro atoms. The Labute approximate surface area is 120 Å². The smallest absolute Gasteiger partial charge is 0.367 e. The monoisotopic (exact) mass is 296 g/mol. The van der Waals surface area contributed by atoms with Gasteiger partial charge in [0.25, 0.3) is 5.79 Å². The molecule has 0 radical (unpaired) electrons. The summed E-state index contributed by atoms with van der Waals surface area (Å²) in [6.07, 6.45) is 1.26. The van der Waals surface area contributed by atoms with E-state index in [0.717, 1.165) is 21.3 Å². The third-order valence-corrected chi connectivity index (χ3v) is 3.06. The lowest BCUT2D eigenvalue weighted by molar-refractivity contribution is -0.314. The van der Waals surface area contributed by atoms with Gasteiger partial charge in [-0.2, -0.15) is 5.26 Å². The molecule has 0 bridgehead atoms. The summed E-state index contributed by atoms with van der Waals surface area (Å²) in [5.74, 6) is -8.01. The lowest BCUT2D eigenvalue weighted by atomic mass is 9.83. The second-order valence-electron chi connectivity index (χ2n) is 3.99. The molecule has 8 nitrogen and oxygen atoms in total. The van der Waals surface area contributed by atoms with Crippen LogP contribution in [0.15, 0.2) is 22.8 Å². The summed E-state index contributed by atoms with van der Waals surface area (Å²) < 4.78 is 19.8. The van der Waals surface area contributed by atoms with E-state index in [2.05, 4.69) is 4.74 Å². The Balaban J connectivity index is 3.51. The van der Waals surface area contributed by atoms with Crippen LogP contribution in [0.25, 0.3) is 0 Å². The van der Waals surface area contributed by atoms with Crippen molar-refractivity contribution in [2.24, 2.45) is 5.92 Å². The molecule has 0 fully saturated rings. The fourth-order valence-electron chi connectivity index (χ4n) is 2.08. The maximum absolute atomic E-state index is 12.0. The van der Waals surface area contributed by atoms with Gasteiger partial charge in [0.2, 0.25) is 0 Å². The van der Waals surface area contributed by atoms with Gasteiger partial charge >= 0.3 is 5.97 Å². The molecular weight excluding hydrogens is 282 g/mol. The number of carbonyl (C=O) groups excluding carboxylic acids is 2. The molecule has 21 heavy (non-hydrogen) atoms. The molecule has 1 aromatic heterocycles. The molecule has 8 heteroatoms. The summed E-state index contributed by atoms with van der Waals surface area (Å²) in [6.45, 7) is 0. The highest BCUT2D eigenvalue weighted by Gasteiger charge is 2.54. The Bertz CT molecular complexity index is 527. The summed E-state index contributed by atoms with van der Waals surface area (Å²) in [5, 5.41) is 20.3. The van der Waals surface area contributed by atoms with E-state index in [0.29, 0.717) is 0 Å². The fraction of sp³-hybridized carbons (Fsp3) is 0.462. The number of carboxylic acid groups (broad SMARTS) is 1. The first-order valence-electron chi connectivity index (χ1n) is 5.81. The number of furan rings is 1. The summed E-state index contributed by atoms with van der Waals surface area (Å²) in [6, 6.07) is 4.42. The highest BCUT2D eigenvalue weighted by atomic mass is 16.7. The molecule has 114 valence electrons. The number of ether oxygens (including phenoxy) is 3. The molecule has 0 aromatic carbocycles. The second-order valence-corrected chi connectivity index (χ2v) is 3.99. The van der Waals surface area contributed by atoms with Crippen LogP contribution in [0.5, 0.6) is 0 Å². The van der Waals surface area contributed by atoms with Gasteiger partial charge in [-0.15, -0.1) is 0 Å². The van der Waals surface area contributed by atoms with E-state index in [1.54, 1.807) is 6.07 Å². The zero-order valence-corrected chi connectivity index (χ0v) is 11.7. The third kappa shape index (κ3) is 2.89. The van der Waals surface area contributed by atoms with Gasteiger partial charge in [-0.1, -0.05) is 0 Å². The normalized spacial score (nSPS) is 14.0. The number of hydrogen-bond donors (Lipinski definition) is 0. The fourth-order valence-corrected chi connectivity index (χ4v) is 2.08. The van der Waals surface area contributed by atoms with Crippen LogP contribution in [-0.2, 0) is 23.8 Å². The highest BCUT2D eigenvalue weighted by Crippen LogP contribution is 2.39. The average molecular weight is 296 g/mol. The largest absolute Gasteiger partial charge is 0.549 e. The molecule has 0 aliphatic rings. The van der Waals surface area contributed by atoms with E-state index in [-0.39, 0.29) is 5.76 Å². The number of rotatable bonds is 7. The number of carbonyl (C=O) groups is 2. The summed E-state index contributed by atoms with van der Waals surface area (Å²) in [4.78, 5) is 23.3. The van der Waals surface area contributed by atoms with Crippen molar-refractivity contribution in [3.63, 3.8) is 0 Å². The number of nitrogens with zero attached hydrogens (tertiary/aromatic N) is 1. The Morgan fingerprint density at radius 2 is 2.00 bits per heavy atom. The number of carboxylic acids is 1. The molecule has 1 rings (SSSR count). The van der Waals surface area contributed by atoms with Crippen molar-refractivity contribution in [1.29, 1.82) is 5.26 Å². The standard InChI is InChI=1S/C13H15NO7/c1-18-12(17)13(19-2,20-3)10(8(7-14)11(15)16)9-5-4-6-21-9/h4-6,8,10H,1-3H3,(H,15,16)/p-1/t8-,10+/m0/s1. The predicted octanol–water partition coefficient (Wildman–Crippen LogP) is -0.585. The van der Waals surface area contributed by atoms with E-state index < -0.39 is 29.6 Å². The van der Waals surface area contributed by atoms with Gasteiger partial charge < -0.3 is 28.5 Å². The number of aliphatic carboxylic acids is 1. The van der Waals surface area contributed by atoms with Crippen LogP contribution in [0, 0.1) is 17.2 Å². The summed E-state index contributed by atoms with van der Waals surface area (Å²) >= 11 is 0. The van der Waals surface area contributed by atoms with E-state index in [1.165, 1.54) is 18.4 Å². The second kappa shape index (κ2) is 6.88. The highest BCUT2D eigenvalue weighted by molar-refractivity contribution is 5.82. The number of hydrogen-bond acceptors (Lipinski definition) is 8. The van der Waals surface area contributed by atoms with Gasteiger partial charge in [-0.25, -0.2) is 4.79 Å². The first-order valence-corrected chi connectivity index (χ1v) is 5.81. The predicted molar refractivity (Wildman–Crippen MR) is 64.3 cm³/mol.